The van der Waals surface area contributed by atoms with Crippen molar-refractivity contribution in [2.45, 2.75) is 12.6 Å². The fraction of sp³-hybridized carbons (Fsp3) is 0.217. The maximum Gasteiger partial charge on any atom is 0.0992 e. The molecule has 0 amide bonds. The van der Waals surface area contributed by atoms with Gasteiger partial charge >= 0.3 is 0 Å². The van der Waals surface area contributed by atoms with Crippen LogP contribution in [0.3, 0.4) is 0 Å². The monoisotopic (exact) mass is 500 g/mol. The molecule has 0 radical (unpaired) electrons. The van der Waals surface area contributed by atoms with E-state index in [0.29, 0.717) is 15.6 Å². The van der Waals surface area contributed by atoms with Gasteiger partial charge in [-0.05, 0) is 64.0 Å². The molecule has 0 bridgehead atoms. The van der Waals surface area contributed by atoms with E-state index in [0.717, 1.165) is 42.0 Å². The maximum atomic E-state index is 9.16. The van der Waals surface area contributed by atoms with Gasteiger partial charge in [0.1, 0.15) is 0 Å². The van der Waals surface area contributed by atoms with Gasteiger partial charge in [0.25, 0.3) is 0 Å². The minimum absolute atomic E-state index is 0.108. The summed E-state index contributed by atoms with van der Waals surface area (Å²) in [6.45, 7) is 3.32. The summed E-state index contributed by atoms with van der Waals surface area (Å²) in [7, 11) is 0. The second-order valence-corrected chi connectivity index (χ2v) is 9.00. The molecule has 1 saturated heterocycles. The fourth-order valence-corrected chi connectivity index (χ4v) is 4.43. The van der Waals surface area contributed by atoms with E-state index in [-0.39, 0.29) is 6.04 Å². The summed E-state index contributed by atoms with van der Waals surface area (Å²) >= 11 is 16.1. The van der Waals surface area contributed by atoms with E-state index < -0.39 is 0 Å². The van der Waals surface area contributed by atoms with Crippen LogP contribution in [0.4, 0.5) is 5.69 Å². The third-order valence-corrected chi connectivity index (χ3v) is 6.30. The number of rotatable bonds is 4. The molecule has 4 nitrogen and oxygen atoms in total. The van der Waals surface area contributed by atoms with E-state index in [1.807, 2.05) is 42.6 Å². The molecular weight excluding hydrogens is 483 g/mol. The minimum Gasteiger partial charge on any atom is -0.361 e. The van der Waals surface area contributed by atoms with Gasteiger partial charge < -0.3 is 4.90 Å². The summed E-state index contributed by atoms with van der Waals surface area (Å²) < 4.78 is 0.977. The average Bonchev–Trinajstić information content (AvgIpc) is 2.76. The summed E-state index contributed by atoms with van der Waals surface area (Å²) in [5.74, 6) is 0. The van der Waals surface area contributed by atoms with Crippen molar-refractivity contribution in [1.82, 2.24) is 9.88 Å². The molecule has 1 atom stereocenters. The summed E-state index contributed by atoms with van der Waals surface area (Å²) in [5.41, 5.74) is 3.72. The van der Waals surface area contributed by atoms with Crippen LogP contribution in [-0.2, 0) is 6.54 Å². The molecule has 0 N–H and O–H groups in total. The standard InChI is InChI=1S/C23H19BrCl2N4/c24-18-4-7-20(28-13-18)14-29-9-10-30(22-8-1-16(12-27)11-21(22)26)23(15-29)17-2-5-19(25)6-3-17/h1-8,11,13,23H,9-10,14-15H2/t23-/m0/s1. The molecule has 2 heterocycles. The van der Waals surface area contributed by atoms with Crippen LogP contribution in [0.2, 0.25) is 10.0 Å². The number of piperazine rings is 1. The van der Waals surface area contributed by atoms with Crippen LogP contribution in [0, 0.1) is 11.3 Å². The van der Waals surface area contributed by atoms with Crippen molar-refractivity contribution in [1.29, 1.82) is 5.26 Å². The third-order valence-electron chi connectivity index (χ3n) is 5.28. The molecule has 1 aliphatic rings. The highest BCUT2D eigenvalue weighted by Crippen LogP contribution is 2.36. The van der Waals surface area contributed by atoms with Crippen LogP contribution in [0.1, 0.15) is 22.9 Å². The molecule has 2 aromatic carbocycles. The van der Waals surface area contributed by atoms with Gasteiger partial charge in [-0.15, -0.1) is 0 Å². The third kappa shape index (κ3) is 4.79. The lowest BCUT2D eigenvalue weighted by atomic mass is 10.0. The molecule has 1 aliphatic heterocycles. The van der Waals surface area contributed by atoms with Crippen LogP contribution >= 0.6 is 39.1 Å². The van der Waals surface area contributed by atoms with Gasteiger partial charge in [-0.2, -0.15) is 5.26 Å². The lowest BCUT2D eigenvalue weighted by Gasteiger charge is -2.43. The van der Waals surface area contributed by atoms with Gasteiger partial charge in [-0.3, -0.25) is 9.88 Å². The number of nitriles is 1. The zero-order valence-electron chi connectivity index (χ0n) is 16.1. The van der Waals surface area contributed by atoms with Gasteiger partial charge in [0.05, 0.1) is 34.1 Å². The molecule has 3 aromatic rings. The Morgan fingerprint density at radius 1 is 1.07 bits per heavy atom. The van der Waals surface area contributed by atoms with Gasteiger partial charge in [-0.25, -0.2) is 0 Å². The second-order valence-electron chi connectivity index (χ2n) is 7.24. The van der Waals surface area contributed by atoms with Gasteiger partial charge in [0, 0.05) is 41.9 Å². The Morgan fingerprint density at radius 2 is 1.87 bits per heavy atom. The highest BCUT2D eigenvalue weighted by molar-refractivity contribution is 9.10. The summed E-state index contributed by atoms with van der Waals surface area (Å²) in [4.78, 5) is 9.24. The molecule has 0 saturated carbocycles. The summed E-state index contributed by atoms with van der Waals surface area (Å²) in [5, 5.41) is 10.5. The largest absolute Gasteiger partial charge is 0.361 e. The smallest absolute Gasteiger partial charge is 0.0992 e. The maximum absolute atomic E-state index is 9.16. The van der Waals surface area contributed by atoms with Crippen LogP contribution in [0.25, 0.3) is 0 Å². The molecule has 0 unspecified atom stereocenters. The summed E-state index contributed by atoms with van der Waals surface area (Å²) in [6, 6.07) is 19.8. The first-order valence-electron chi connectivity index (χ1n) is 9.58. The van der Waals surface area contributed by atoms with Crippen LogP contribution < -0.4 is 4.90 Å². The van der Waals surface area contributed by atoms with Crippen molar-refractivity contribution in [3.05, 3.63) is 92.1 Å². The Balaban J connectivity index is 1.62. The van der Waals surface area contributed by atoms with Crippen molar-refractivity contribution in [3.63, 3.8) is 0 Å². The molecule has 1 aromatic heterocycles. The first-order chi connectivity index (χ1) is 14.5. The molecular formula is C23H19BrCl2N4. The first-order valence-corrected chi connectivity index (χ1v) is 11.1. The van der Waals surface area contributed by atoms with E-state index in [1.54, 1.807) is 6.07 Å². The number of nitrogens with zero attached hydrogens (tertiary/aromatic N) is 4. The highest BCUT2D eigenvalue weighted by Gasteiger charge is 2.30. The zero-order chi connectivity index (χ0) is 21.1. The number of aromatic nitrogens is 1. The van der Waals surface area contributed by atoms with Crippen LogP contribution in [-0.4, -0.2) is 29.5 Å². The average molecular weight is 502 g/mol. The van der Waals surface area contributed by atoms with Crippen molar-refractivity contribution in [3.8, 4) is 6.07 Å². The minimum atomic E-state index is 0.108. The van der Waals surface area contributed by atoms with Crippen molar-refractivity contribution >= 4 is 44.8 Å². The number of benzene rings is 2. The predicted molar refractivity (Wildman–Crippen MR) is 125 cm³/mol. The molecule has 152 valence electrons. The van der Waals surface area contributed by atoms with Crippen LogP contribution in [0.15, 0.2) is 65.3 Å². The van der Waals surface area contributed by atoms with E-state index >= 15 is 0 Å². The lowest BCUT2D eigenvalue weighted by molar-refractivity contribution is 0.213. The Morgan fingerprint density at radius 3 is 2.53 bits per heavy atom. The highest BCUT2D eigenvalue weighted by atomic mass is 79.9. The van der Waals surface area contributed by atoms with E-state index in [4.69, 9.17) is 28.5 Å². The van der Waals surface area contributed by atoms with Crippen molar-refractivity contribution < 1.29 is 0 Å². The summed E-state index contributed by atoms with van der Waals surface area (Å²) in [6.07, 6.45) is 1.83. The Hall–Kier alpha value is -2.10. The second kappa shape index (κ2) is 9.36. The topological polar surface area (TPSA) is 43.2 Å². The van der Waals surface area contributed by atoms with E-state index in [9.17, 15) is 0 Å². The van der Waals surface area contributed by atoms with Crippen molar-refractivity contribution in [2.24, 2.45) is 0 Å². The van der Waals surface area contributed by atoms with Gasteiger partial charge in [0.15, 0.2) is 0 Å². The van der Waals surface area contributed by atoms with Gasteiger partial charge in [-0.1, -0.05) is 35.3 Å². The Labute approximate surface area is 194 Å². The fourth-order valence-electron chi connectivity index (χ4n) is 3.78. The van der Waals surface area contributed by atoms with Crippen LogP contribution in [0.5, 0.6) is 0 Å². The number of halogens is 3. The number of hydrogen-bond donors (Lipinski definition) is 0. The zero-order valence-corrected chi connectivity index (χ0v) is 19.2. The molecule has 30 heavy (non-hydrogen) atoms. The Kier molecular flexibility index (Phi) is 6.60. The number of hydrogen-bond acceptors (Lipinski definition) is 4. The predicted octanol–water partition coefficient (Wildman–Crippen LogP) is 6.09. The van der Waals surface area contributed by atoms with E-state index in [2.05, 4.69) is 48.9 Å². The number of anilines is 1. The lowest BCUT2D eigenvalue weighted by Crippen LogP contribution is -2.48. The molecule has 0 aliphatic carbocycles. The Bertz CT molecular complexity index is 1060. The molecule has 0 spiro atoms. The quantitative estimate of drug-likeness (QED) is 0.434. The SMILES string of the molecule is N#Cc1ccc(N2CCN(Cc3ccc(Br)cn3)C[C@H]2c2ccc(Cl)cc2)c(Cl)c1. The normalized spacial score (nSPS) is 17.0. The molecule has 7 heteroatoms. The number of pyridine rings is 1. The first kappa shape index (κ1) is 21.1. The van der Waals surface area contributed by atoms with E-state index in [1.165, 1.54) is 5.56 Å². The van der Waals surface area contributed by atoms with Gasteiger partial charge in [0.2, 0.25) is 0 Å². The van der Waals surface area contributed by atoms with Crippen molar-refractivity contribution in [2.75, 3.05) is 24.5 Å². The molecule has 1 fully saturated rings. The molecule has 4 rings (SSSR count).